The maximum atomic E-state index is 11.6. The highest BCUT2D eigenvalue weighted by Crippen LogP contribution is 2.13. The highest BCUT2D eigenvalue weighted by molar-refractivity contribution is 5.95. The zero-order valence-corrected chi connectivity index (χ0v) is 10.1. The highest BCUT2D eigenvalue weighted by Gasteiger charge is 2.22. The Balaban J connectivity index is 2.51. The van der Waals surface area contributed by atoms with Gasteiger partial charge in [-0.15, -0.1) is 0 Å². The van der Waals surface area contributed by atoms with E-state index in [1.807, 2.05) is 20.8 Å². The monoisotopic (exact) mass is 223 g/mol. The van der Waals surface area contributed by atoms with Gasteiger partial charge >= 0.3 is 0 Å². The summed E-state index contributed by atoms with van der Waals surface area (Å²) in [6.07, 6.45) is 0. The van der Waals surface area contributed by atoms with E-state index in [1.54, 1.807) is 19.1 Å². The van der Waals surface area contributed by atoms with E-state index in [2.05, 4.69) is 5.32 Å². The average Bonchev–Trinajstić information content (AvgIpc) is 2.59. The molecule has 1 rings (SSSR count). The Morgan fingerprint density at radius 2 is 1.94 bits per heavy atom. The van der Waals surface area contributed by atoms with Crippen LogP contribution in [0.2, 0.25) is 0 Å². The summed E-state index contributed by atoms with van der Waals surface area (Å²) in [5.41, 5.74) is -0.438. The van der Waals surface area contributed by atoms with E-state index in [9.17, 15) is 9.59 Å². The van der Waals surface area contributed by atoms with Crippen molar-refractivity contribution in [3.05, 3.63) is 23.7 Å². The molecule has 0 aliphatic rings. The largest absolute Gasteiger partial charge is 0.456 e. The van der Waals surface area contributed by atoms with Gasteiger partial charge in [-0.05, 0) is 19.1 Å². The Morgan fingerprint density at radius 1 is 1.31 bits per heavy atom. The quantitative estimate of drug-likeness (QED) is 0.851. The molecule has 16 heavy (non-hydrogen) atoms. The van der Waals surface area contributed by atoms with E-state index >= 15 is 0 Å². The van der Waals surface area contributed by atoms with E-state index in [4.69, 9.17) is 4.42 Å². The number of aryl methyl sites for hydroxylation is 1. The van der Waals surface area contributed by atoms with Gasteiger partial charge in [0.25, 0.3) is 5.91 Å². The maximum absolute atomic E-state index is 11.6. The predicted octanol–water partition coefficient (Wildman–Crippen LogP) is 1.93. The molecule has 4 heteroatoms. The van der Waals surface area contributed by atoms with Gasteiger partial charge in [0.1, 0.15) is 5.76 Å². The van der Waals surface area contributed by atoms with Crippen molar-refractivity contribution in [2.45, 2.75) is 27.7 Å². The number of hydrogen-bond acceptors (Lipinski definition) is 3. The highest BCUT2D eigenvalue weighted by atomic mass is 16.3. The summed E-state index contributed by atoms with van der Waals surface area (Å²) in [5.74, 6) is 0.543. The minimum absolute atomic E-state index is 0.0101. The molecule has 0 unspecified atom stereocenters. The Kier molecular flexibility index (Phi) is 3.52. The summed E-state index contributed by atoms with van der Waals surface area (Å²) < 4.78 is 5.14. The lowest BCUT2D eigenvalue weighted by Crippen LogP contribution is -2.35. The van der Waals surface area contributed by atoms with Crippen LogP contribution in [0, 0.1) is 12.3 Å². The molecule has 0 saturated heterocycles. The van der Waals surface area contributed by atoms with Crippen molar-refractivity contribution in [3.63, 3.8) is 0 Å². The summed E-state index contributed by atoms with van der Waals surface area (Å²) in [6, 6.07) is 3.30. The number of carbonyl (C=O) groups is 2. The van der Waals surface area contributed by atoms with Crippen molar-refractivity contribution in [2.75, 3.05) is 6.54 Å². The number of furan rings is 1. The van der Waals surface area contributed by atoms with Crippen molar-refractivity contribution < 1.29 is 14.0 Å². The molecule has 0 fully saturated rings. The van der Waals surface area contributed by atoms with Crippen LogP contribution in [-0.4, -0.2) is 18.2 Å². The topological polar surface area (TPSA) is 59.3 Å². The molecule has 1 N–H and O–H groups in total. The number of ketones is 1. The second-order valence-electron chi connectivity index (χ2n) is 4.77. The molecule has 0 atom stereocenters. The Morgan fingerprint density at radius 3 is 2.38 bits per heavy atom. The first-order valence-corrected chi connectivity index (χ1v) is 5.18. The lowest BCUT2D eigenvalue weighted by molar-refractivity contribution is -0.125. The fraction of sp³-hybridized carbons (Fsp3) is 0.500. The number of amides is 1. The van der Waals surface area contributed by atoms with Crippen LogP contribution in [0.25, 0.3) is 0 Å². The van der Waals surface area contributed by atoms with Crippen molar-refractivity contribution in [1.29, 1.82) is 0 Å². The molecule has 0 bridgehead atoms. The Bertz CT molecular complexity index is 399. The lowest BCUT2D eigenvalue weighted by atomic mass is 9.91. The number of nitrogens with one attached hydrogen (secondary N) is 1. The number of carbonyl (C=O) groups excluding carboxylic acids is 2. The third kappa shape index (κ3) is 3.22. The van der Waals surface area contributed by atoms with Gasteiger partial charge < -0.3 is 9.73 Å². The molecule has 4 nitrogen and oxygen atoms in total. The van der Waals surface area contributed by atoms with Gasteiger partial charge in [0.05, 0.1) is 6.54 Å². The van der Waals surface area contributed by atoms with Gasteiger partial charge in [-0.1, -0.05) is 20.8 Å². The zero-order valence-electron chi connectivity index (χ0n) is 10.1. The number of hydrogen-bond donors (Lipinski definition) is 1. The molecule has 0 saturated carbocycles. The standard InChI is InChI=1S/C12H17NO3/c1-8-5-6-9(16-8)11(15)13-7-10(14)12(2,3)4/h5-6H,7H2,1-4H3,(H,13,15). The SMILES string of the molecule is Cc1ccc(C(=O)NCC(=O)C(C)(C)C)o1. The van der Waals surface area contributed by atoms with Gasteiger partial charge in [-0.3, -0.25) is 9.59 Å². The third-order valence-corrected chi connectivity index (χ3v) is 2.21. The van der Waals surface area contributed by atoms with Crippen molar-refractivity contribution in [3.8, 4) is 0 Å². The second kappa shape index (κ2) is 4.51. The smallest absolute Gasteiger partial charge is 0.287 e. The second-order valence-corrected chi connectivity index (χ2v) is 4.77. The van der Waals surface area contributed by atoms with E-state index in [0.717, 1.165) is 0 Å². The fourth-order valence-electron chi connectivity index (χ4n) is 1.07. The average molecular weight is 223 g/mol. The van der Waals surface area contributed by atoms with Gasteiger partial charge in [-0.2, -0.15) is 0 Å². The van der Waals surface area contributed by atoms with E-state index in [0.29, 0.717) is 5.76 Å². The molecule has 0 spiro atoms. The summed E-state index contributed by atoms with van der Waals surface area (Å²) in [4.78, 5) is 23.1. The van der Waals surface area contributed by atoms with Gasteiger partial charge in [0.15, 0.2) is 11.5 Å². The number of rotatable bonds is 3. The van der Waals surface area contributed by atoms with Crippen molar-refractivity contribution in [2.24, 2.45) is 5.41 Å². The van der Waals surface area contributed by atoms with Crippen LogP contribution >= 0.6 is 0 Å². The van der Waals surface area contributed by atoms with E-state index in [-0.39, 0.29) is 24.0 Å². The molecule has 1 heterocycles. The molecule has 1 amide bonds. The summed E-state index contributed by atoms with van der Waals surface area (Å²) >= 11 is 0. The van der Waals surface area contributed by atoms with Crippen molar-refractivity contribution >= 4 is 11.7 Å². The Labute approximate surface area is 95.0 Å². The first-order valence-electron chi connectivity index (χ1n) is 5.18. The molecule has 0 aliphatic heterocycles. The van der Waals surface area contributed by atoms with Crippen molar-refractivity contribution in [1.82, 2.24) is 5.32 Å². The molecule has 1 aromatic heterocycles. The van der Waals surface area contributed by atoms with Crippen LogP contribution in [0.4, 0.5) is 0 Å². The molecule has 88 valence electrons. The van der Waals surface area contributed by atoms with Crippen LogP contribution in [0.15, 0.2) is 16.5 Å². The molecule has 0 aromatic carbocycles. The van der Waals surface area contributed by atoms with Gasteiger partial charge in [-0.25, -0.2) is 0 Å². The first-order chi connectivity index (χ1) is 7.30. The van der Waals surface area contributed by atoms with Gasteiger partial charge in [0.2, 0.25) is 0 Å². The van der Waals surface area contributed by atoms with E-state index in [1.165, 1.54) is 0 Å². The molecular formula is C12H17NO3. The fourth-order valence-corrected chi connectivity index (χ4v) is 1.07. The molecule has 0 aliphatic carbocycles. The van der Waals surface area contributed by atoms with E-state index < -0.39 is 5.41 Å². The minimum atomic E-state index is -0.438. The van der Waals surface area contributed by atoms with Gasteiger partial charge in [0, 0.05) is 5.41 Å². The minimum Gasteiger partial charge on any atom is -0.456 e. The Hall–Kier alpha value is -1.58. The normalized spacial score (nSPS) is 11.2. The summed E-state index contributed by atoms with van der Waals surface area (Å²) in [7, 11) is 0. The molecular weight excluding hydrogens is 206 g/mol. The maximum Gasteiger partial charge on any atom is 0.287 e. The lowest BCUT2D eigenvalue weighted by Gasteiger charge is -2.16. The predicted molar refractivity (Wildman–Crippen MR) is 60.2 cm³/mol. The molecule has 1 aromatic rings. The van der Waals surface area contributed by atoms with Crippen LogP contribution in [0.5, 0.6) is 0 Å². The van der Waals surface area contributed by atoms with Crippen LogP contribution in [0.1, 0.15) is 37.1 Å². The van der Waals surface area contributed by atoms with Crippen LogP contribution in [0.3, 0.4) is 0 Å². The number of Topliss-reactive ketones (excluding diaryl/α,β-unsaturated/α-hetero) is 1. The summed E-state index contributed by atoms with van der Waals surface area (Å²) in [5, 5.41) is 2.54. The zero-order chi connectivity index (χ0) is 12.3. The first kappa shape index (κ1) is 12.5. The summed E-state index contributed by atoms with van der Waals surface area (Å²) in [6.45, 7) is 7.24. The van der Waals surface area contributed by atoms with Crippen LogP contribution < -0.4 is 5.32 Å². The molecule has 0 radical (unpaired) electrons. The van der Waals surface area contributed by atoms with Crippen LogP contribution in [-0.2, 0) is 4.79 Å². The third-order valence-electron chi connectivity index (χ3n) is 2.21.